The van der Waals surface area contributed by atoms with Crippen LogP contribution in [0.2, 0.25) is 0 Å². The molecule has 6 heteroatoms. The summed E-state index contributed by atoms with van der Waals surface area (Å²) in [6.45, 7) is 1.93. The van der Waals surface area contributed by atoms with E-state index in [1.165, 1.54) is 0 Å². The molecule has 0 spiro atoms. The second-order valence-electron chi connectivity index (χ2n) is 3.03. The zero-order valence-electron chi connectivity index (χ0n) is 8.27. The SMILES string of the molecule is Cc1ccc(/C(Cl)=N/OS(C)(=O)=O)cc1. The Balaban J connectivity index is 2.85. The van der Waals surface area contributed by atoms with Gasteiger partial charge < -0.3 is 0 Å². The largest absolute Gasteiger partial charge is 0.325 e. The molecule has 0 aliphatic rings. The molecule has 0 saturated heterocycles. The van der Waals surface area contributed by atoms with Gasteiger partial charge in [0.15, 0.2) is 5.17 Å². The molecule has 0 aliphatic carbocycles. The van der Waals surface area contributed by atoms with Crippen molar-refractivity contribution in [1.29, 1.82) is 0 Å². The third-order valence-corrected chi connectivity index (χ3v) is 2.18. The van der Waals surface area contributed by atoms with Gasteiger partial charge in [-0.25, -0.2) is 0 Å². The molecular formula is C9H10ClNO3S. The molecule has 0 atom stereocenters. The Hall–Kier alpha value is -1.07. The molecule has 0 amide bonds. The number of hydrogen-bond donors (Lipinski definition) is 0. The summed E-state index contributed by atoms with van der Waals surface area (Å²) in [6, 6.07) is 7.14. The lowest BCUT2D eigenvalue weighted by Gasteiger charge is -1.98. The van der Waals surface area contributed by atoms with Crippen molar-refractivity contribution in [2.45, 2.75) is 6.92 Å². The molecule has 15 heavy (non-hydrogen) atoms. The summed E-state index contributed by atoms with van der Waals surface area (Å²) in [7, 11) is -3.61. The van der Waals surface area contributed by atoms with Crippen molar-refractivity contribution >= 4 is 26.9 Å². The molecule has 0 aromatic heterocycles. The van der Waals surface area contributed by atoms with Crippen molar-refractivity contribution in [3.05, 3.63) is 35.4 Å². The van der Waals surface area contributed by atoms with Gasteiger partial charge in [-0.05, 0) is 6.92 Å². The van der Waals surface area contributed by atoms with Crippen LogP contribution >= 0.6 is 11.6 Å². The Bertz CT molecular complexity index is 465. The van der Waals surface area contributed by atoms with Crippen molar-refractivity contribution in [3.8, 4) is 0 Å². The molecule has 82 valence electrons. The topological polar surface area (TPSA) is 55.7 Å². The average molecular weight is 248 g/mol. The minimum atomic E-state index is -3.61. The van der Waals surface area contributed by atoms with Crippen LogP contribution in [-0.4, -0.2) is 19.8 Å². The summed E-state index contributed by atoms with van der Waals surface area (Å²) in [5.41, 5.74) is 1.68. The third-order valence-electron chi connectivity index (χ3n) is 1.54. The Morgan fingerprint density at radius 2 is 1.87 bits per heavy atom. The van der Waals surface area contributed by atoms with Crippen LogP contribution in [0.25, 0.3) is 0 Å². The summed E-state index contributed by atoms with van der Waals surface area (Å²) in [4.78, 5) is 0. The number of halogens is 1. The molecule has 0 aliphatic heterocycles. The van der Waals surface area contributed by atoms with Crippen molar-refractivity contribution < 1.29 is 12.7 Å². The zero-order chi connectivity index (χ0) is 11.5. The molecule has 0 radical (unpaired) electrons. The smallest absolute Gasteiger partial charge is 0.267 e. The molecular weight excluding hydrogens is 238 g/mol. The maximum Gasteiger partial charge on any atom is 0.325 e. The van der Waals surface area contributed by atoms with Crippen LogP contribution in [-0.2, 0) is 14.4 Å². The number of nitrogens with zero attached hydrogens (tertiary/aromatic N) is 1. The van der Waals surface area contributed by atoms with Gasteiger partial charge >= 0.3 is 10.1 Å². The van der Waals surface area contributed by atoms with Crippen LogP contribution in [0.5, 0.6) is 0 Å². The first-order chi connectivity index (χ1) is 6.88. The fraction of sp³-hybridized carbons (Fsp3) is 0.222. The quantitative estimate of drug-likeness (QED) is 0.605. The van der Waals surface area contributed by atoms with Gasteiger partial charge in [0.1, 0.15) is 0 Å². The molecule has 0 fully saturated rings. The molecule has 0 heterocycles. The number of oxime groups is 1. The van der Waals surface area contributed by atoms with Crippen molar-refractivity contribution in [1.82, 2.24) is 0 Å². The standard InChI is InChI=1S/C9H10ClNO3S/c1-7-3-5-8(6-4-7)9(10)11-14-15(2,12)13/h3-6H,1-2H3/b11-9-. The highest BCUT2D eigenvalue weighted by atomic mass is 35.5. The van der Waals surface area contributed by atoms with E-state index in [9.17, 15) is 8.42 Å². The lowest BCUT2D eigenvalue weighted by molar-refractivity contribution is 0.344. The van der Waals surface area contributed by atoms with E-state index < -0.39 is 10.1 Å². The normalized spacial score (nSPS) is 12.6. The first kappa shape index (κ1) is 12.0. The Labute approximate surface area is 93.6 Å². The highest BCUT2D eigenvalue weighted by Gasteiger charge is 2.03. The summed E-state index contributed by atoms with van der Waals surface area (Å²) in [6.07, 6.45) is 0.899. The molecule has 0 unspecified atom stereocenters. The van der Waals surface area contributed by atoms with Crippen LogP contribution in [0.1, 0.15) is 11.1 Å². The fourth-order valence-corrected chi connectivity index (χ4v) is 1.26. The van der Waals surface area contributed by atoms with E-state index in [2.05, 4.69) is 9.44 Å². The third kappa shape index (κ3) is 4.31. The maximum absolute atomic E-state index is 10.6. The van der Waals surface area contributed by atoms with E-state index in [1.807, 2.05) is 19.1 Å². The number of hydrogen-bond acceptors (Lipinski definition) is 4. The lowest BCUT2D eigenvalue weighted by atomic mass is 10.2. The van der Waals surface area contributed by atoms with Gasteiger partial charge in [-0.15, -0.1) is 0 Å². The van der Waals surface area contributed by atoms with Gasteiger partial charge in [-0.1, -0.05) is 46.6 Å². The van der Waals surface area contributed by atoms with Crippen molar-refractivity contribution in [2.24, 2.45) is 5.16 Å². The second kappa shape index (κ2) is 4.63. The fourth-order valence-electron chi connectivity index (χ4n) is 0.844. The number of benzene rings is 1. The van der Waals surface area contributed by atoms with Gasteiger partial charge in [0, 0.05) is 5.56 Å². The first-order valence-electron chi connectivity index (χ1n) is 4.07. The summed E-state index contributed by atoms with van der Waals surface area (Å²) >= 11 is 5.73. The molecule has 0 bridgehead atoms. The predicted molar refractivity (Wildman–Crippen MR) is 59.5 cm³/mol. The highest BCUT2D eigenvalue weighted by molar-refractivity contribution is 7.85. The highest BCUT2D eigenvalue weighted by Crippen LogP contribution is 2.08. The lowest BCUT2D eigenvalue weighted by Crippen LogP contribution is -2.00. The molecule has 1 aromatic rings. The summed E-state index contributed by atoms with van der Waals surface area (Å²) in [5.74, 6) is 0. The number of aryl methyl sites for hydroxylation is 1. The molecule has 0 N–H and O–H groups in total. The van der Waals surface area contributed by atoms with Crippen LogP contribution < -0.4 is 0 Å². The summed E-state index contributed by atoms with van der Waals surface area (Å²) < 4.78 is 25.5. The van der Waals surface area contributed by atoms with Gasteiger partial charge in [0.2, 0.25) is 0 Å². The van der Waals surface area contributed by atoms with E-state index in [1.54, 1.807) is 12.1 Å². The van der Waals surface area contributed by atoms with Crippen molar-refractivity contribution in [2.75, 3.05) is 6.26 Å². The molecule has 0 saturated carbocycles. The van der Waals surface area contributed by atoms with Crippen LogP contribution in [0.4, 0.5) is 0 Å². The van der Waals surface area contributed by atoms with E-state index in [4.69, 9.17) is 11.6 Å². The van der Waals surface area contributed by atoms with Crippen molar-refractivity contribution in [3.63, 3.8) is 0 Å². The minimum Gasteiger partial charge on any atom is -0.267 e. The maximum atomic E-state index is 10.6. The van der Waals surface area contributed by atoms with E-state index in [-0.39, 0.29) is 5.17 Å². The summed E-state index contributed by atoms with van der Waals surface area (Å²) in [5, 5.41) is 3.29. The van der Waals surface area contributed by atoms with E-state index >= 15 is 0 Å². The number of rotatable bonds is 3. The van der Waals surface area contributed by atoms with Crippen LogP contribution in [0.15, 0.2) is 29.4 Å². The zero-order valence-corrected chi connectivity index (χ0v) is 9.84. The van der Waals surface area contributed by atoms with Crippen LogP contribution in [0.3, 0.4) is 0 Å². The van der Waals surface area contributed by atoms with Gasteiger partial charge in [0.25, 0.3) is 0 Å². The minimum absolute atomic E-state index is 0.000394. The Morgan fingerprint density at radius 1 is 1.33 bits per heavy atom. The Kier molecular flexibility index (Phi) is 3.71. The average Bonchev–Trinajstić information content (AvgIpc) is 2.14. The molecule has 1 rings (SSSR count). The second-order valence-corrected chi connectivity index (χ2v) is 4.94. The monoisotopic (exact) mass is 247 g/mol. The van der Waals surface area contributed by atoms with Gasteiger partial charge in [-0.3, -0.25) is 4.28 Å². The Morgan fingerprint density at radius 3 is 2.33 bits per heavy atom. The molecule has 4 nitrogen and oxygen atoms in total. The van der Waals surface area contributed by atoms with E-state index in [0.717, 1.165) is 11.8 Å². The van der Waals surface area contributed by atoms with Gasteiger partial charge in [0.05, 0.1) is 6.26 Å². The van der Waals surface area contributed by atoms with Crippen LogP contribution in [0, 0.1) is 6.92 Å². The van der Waals surface area contributed by atoms with Gasteiger partial charge in [-0.2, -0.15) is 8.42 Å². The van der Waals surface area contributed by atoms with E-state index in [0.29, 0.717) is 5.56 Å². The molecule has 1 aromatic carbocycles. The predicted octanol–water partition coefficient (Wildman–Crippen LogP) is 1.87. The first-order valence-corrected chi connectivity index (χ1v) is 6.27.